The van der Waals surface area contributed by atoms with E-state index >= 15 is 0 Å². The van der Waals surface area contributed by atoms with Gasteiger partial charge in [0.15, 0.2) is 0 Å². The number of rotatable bonds is 5. The Hall–Kier alpha value is -0.0800. The average molecular weight is 145 g/mol. The van der Waals surface area contributed by atoms with Gasteiger partial charge in [0.05, 0.1) is 0 Å². The molecule has 2 nitrogen and oxygen atoms in total. The van der Waals surface area contributed by atoms with Gasteiger partial charge in [0.1, 0.15) is 0 Å². The first-order valence-corrected chi connectivity index (χ1v) is 3.94. The normalized spacial score (nSPS) is 12.0. The fraction of sp³-hybridized carbons (Fsp3) is 1.00. The van der Waals surface area contributed by atoms with Crippen molar-refractivity contribution in [1.29, 1.82) is 0 Å². The monoisotopic (exact) mass is 145 g/mol. The van der Waals surface area contributed by atoms with Crippen LogP contribution in [0.1, 0.15) is 27.2 Å². The molecule has 0 aliphatic carbocycles. The van der Waals surface area contributed by atoms with Gasteiger partial charge >= 0.3 is 0 Å². The van der Waals surface area contributed by atoms with Crippen LogP contribution in [0.25, 0.3) is 0 Å². The molecule has 0 radical (unpaired) electrons. The minimum Gasteiger partial charge on any atom is -0.396 e. The Morgan fingerprint density at radius 3 is 2.40 bits per heavy atom. The minimum absolute atomic E-state index is 0.0369. The van der Waals surface area contributed by atoms with Crippen LogP contribution in [0.4, 0.5) is 0 Å². The molecule has 0 saturated heterocycles. The van der Waals surface area contributed by atoms with Gasteiger partial charge in [-0.25, -0.2) is 0 Å². The predicted octanol–water partition coefficient (Wildman–Crippen LogP) is 1.00. The molecular weight excluding hydrogens is 126 g/mol. The van der Waals surface area contributed by atoms with Crippen molar-refractivity contribution in [3.8, 4) is 0 Å². The molecule has 0 spiro atoms. The summed E-state index contributed by atoms with van der Waals surface area (Å²) in [6.07, 6.45) is 1.15. The van der Waals surface area contributed by atoms with Gasteiger partial charge in [-0.15, -0.1) is 0 Å². The van der Waals surface area contributed by atoms with Gasteiger partial charge in [-0.3, -0.25) is 0 Å². The summed E-state index contributed by atoms with van der Waals surface area (Å²) in [7, 11) is 0. The molecule has 0 rings (SSSR count). The maximum Gasteiger partial charge on any atom is 0.0494 e. The standard InChI is InChI=1S/C8H19NO/c1-4-5-9-6-8(2,3)7-10/h9-10H,4-7H2,1-3H3. The second-order valence-electron chi connectivity index (χ2n) is 3.50. The summed E-state index contributed by atoms with van der Waals surface area (Å²) >= 11 is 0. The van der Waals surface area contributed by atoms with E-state index in [1.165, 1.54) is 0 Å². The number of aliphatic hydroxyl groups is 1. The van der Waals surface area contributed by atoms with Gasteiger partial charge < -0.3 is 10.4 Å². The Bertz CT molecular complexity index is 81.3. The number of aliphatic hydroxyl groups excluding tert-OH is 1. The van der Waals surface area contributed by atoms with Crippen molar-refractivity contribution in [3.63, 3.8) is 0 Å². The Balaban J connectivity index is 3.28. The van der Waals surface area contributed by atoms with E-state index in [2.05, 4.69) is 26.1 Å². The lowest BCUT2D eigenvalue weighted by Gasteiger charge is -2.21. The summed E-state index contributed by atoms with van der Waals surface area (Å²) in [6.45, 7) is 8.44. The zero-order chi connectivity index (χ0) is 8.04. The molecule has 0 aliphatic heterocycles. The van der Waals surface area contributed by atoms with E-state index < -0.39 is 0 Å². The molecule has 0 fully saturated rings. The number of hydrogen-bond acceptors (Lipinski definition) is 2. The van der Waals surface area contributed by atoms with E-state index in [-0.39, 0.29) is 12.0 Å². The molecule has 0 amide bonds. The zero-order valence-corrected chi connectivity index (χ0v) is 7.28. The van der Waals surface area contributed by atoms with Crippen LogP contribution >= 0.6 is 0 Å². The first-order valence-electron chi connectivity index (χ1n) is 3.94. The van der Waals surface area contributed by atoms with Crippen LogP contribution in [0.2, 0.25) is 0 Å². The Morgan fingerprint density at radius 1 is 1.40 bits per heavy atom. The van der Waals surface area contributed by atoms with E-state index in [4.69, 9.17) is 5.11 Å². The molecule has 0 aromatic rings. The summed E-state index contributed by atoms with van der Waals surface area (Å²) in [5, 5.41) is 12.1. The lowest BCUT2D eigenvalue weighted by Crippen LogP contribution is -2.32. The third-order valence-corrected chi connectivity index (χ3v) is 1.46. The molecule has 2 heteroatoms. The summed E-state index contributed by atoms with van der Waals surface area (Å²) in [4.78, 5) is 0. The highest BCUT2D eigenvalue weighted by Crippen LogP contribution is 2.10. The lowest BCUT2D eigenvalue weighted by molar-refractivity contribution is 0.157. The first kappa shape index (κ1) is 9.92. The Kier molecular flexibility index (Phi) is 4.65. The van der Waals surface area contributed by atoms with Crippen molar-refractivity contribution in [1.82, 2.24) is 5.32 Å². The highest BCUT2D eigenvalue weighted by molar-refractivity contribution is 4.69. The van der Waals surface area contributed by atoms with Gasteiger partial charge in [-0.2, -0.15) is 0 Å². The van der Waals surface area contributed by atoms with Crippen molar-refractivity contribution in [3.05, 3.63) is 0 Å². The zero-order valence-electron chi connectivity index (χ0n) is 7.28. The van der Waals surface area contributed by atoms with Crippen LogP contribution < -0.4 is 5.32 Å². The maximum atomic E-state index is 8.85. The van der Waals surface area contributed by atoms with Crippen molar-refractivity contribution in [2.45, 2.75) is 27.2 Å². The predicted molar refractivity (Wildman–Crippen MR) is 44.0 cm³/mol. The van der Waals surface area contributed by atoms with Crippen LogP contribution in [0.5, 0.6) is 0 Å². The van der Waals surface area contributed by atoms with Gasteiger partial charge in [-0.1, -0.05) is 20.8 Å². The molecule has 0 heterocycles. The second-order valence-corrected chi connectivity index (χ2v) is 3.50. The first-order chi connectivity index (χ1) is 4.62. The molecule has 0 aromatic carbocycles. The quantitative estimate of drug-likeness (QED) is 0.566. The van der Waals surface area contributed by atoms with Crippen LogP contribution in [0.3, 0.4) is 0 Å². The van der Waals surface area contributed by atoms with Gasteiger partial charge in [0.25, 0.3) is 0 Å². The summed E-state index contributed by atoms with van der Waals surface area (Å²) in [5.74, 6) is 0. The average Bonchev–Trinajstić information content (AvgIpc) is 1.89. The maximum absolute atomic E-state index is 8.85. The molecule has 0 unspecified atom stereocenters. The fourth-order valence-corrected chi connectivity index (χ4v) is 0.659. The molecule has 10 heavy (non-hydrogen) atoms. The summed E-state index contributed by atoms with van der Waals surface area (Å²) < 4.78 is 0. The van der Waals surface area contributed by atoms with Gasteiger partial charge in [-0.05, 0) is 13.0 Å². The molecular formula is C8H19NO. The minimum atomic E-state index is 0.0369. The summed E-state index contributed by atoms with van der Waals surface area (Å²) in [5.41, 5.74) is 0.0369. The second kappa shape index (κ2) is 4.69. The largest absolute Gasteiger partial charge is 0.396 e. The fourth-order valence-electron chi connectivity index (χ4n) is 0.659. The Labute approximate surface area is 63.6 Å². The lowest BCUT2D eigenvalue weighted by atomic mass is 9.95. The van der Waals surface area contributed by atoms with E-state index in [1.807, 2.05) is 0 Å². The highest BCUT2D eigenvalue weighted by atomic mass is 16.3. The number of nitrogens with one attached hydrogen (secondary N) is 1. The van der Waals surface area contributed by atoms with Crippen LogP contribution in [-0.4, -0.2) is 24.8 Å². The van der Waals surface area contributed by atoms with E-state index in [0.29, 0.717) is 0 Å². The topological polar surface area (TPSA) is 32.3 Å². The molecule has 0 saturated carbocycles. The van der Waals surface area contributed by atoms with E-state index in [1.54, 1.807) is 0 Å². The SMILES string of the molecule is CCCNCC(C)(C)CO. The smallest absolute Gasteiger partial charge is 0.0494 e. The van der Waals surface area contributed by atoms with Gasteiger partial charge in [0.2, 0.25) is 0 Å². The third kappa shape index (κ3) is 4.77. The highest BCUT2D eigenvalue weighted by Gasteiger charge is 2.14. The van der Waals surface area contributed by atoms with Crippen molar-refractivity contribution >= 4 is 0 Å². The molecule has 0 aromatic heterocycles. The summed E-state index contributed by atoms with van der Waals surface area (Å²) in [6, 6.07) is 0. The van der Waals surface area contributed by atoms with E-state index in [9.17, 15) is 0 Å². The van der Waals surface area contributed by atoms with E-state index in [0.717, 1.165) is 19.5 Å². The molecule has 0 aliphatic rings. The Morgan fingerprint density at radius 2 is 2.00 bits per heavy atom. The van der Waals surface area contributed by atoms with Crippen LogP contribution in [0.15, 0.2) is 0 Å². The van der Waals surface area contributed by atoms with Crippen molar-refractivity contribution in [2.75, 3.05) is 19.7 Å². The number of hydrogen-bond donors (Lipinski definition) is 2. The molecule has 0 atom stereocenters. The molecule has 62 valence electrons. The third-order valence-electron chi connectivity index (χ3n) is 1.46. The van der Waals surface area contributed by atoms with Crippen molar-refractivity contribution < 1.29 is 5.11 Å². The van der Waals surface area contributed by atoms with Gasteiger partial charge in [0, 0.05) is 18.6 Å². The molecule has 2 N–H and O–H groups in total. The molecule has 0 bridgehead atoms. The van der Waals surface area contributed by atoms with Crippen LogP contribution in [0, 0.1) is 5.41 Å². The van der Waals surface area contributed by atoms with Crippen molar-refractivity contribution in [2.24, 2.45) is 5.41 Å². The van der Waals surface area contributed by atoms with Crippen LogP contribution in [-0.2, 0) is 0 Å².